The van der Waals surface area contributed by atoms with Gasteiger partial charge in [0.15, 0.2) is 0 Å². The molecule has 0 saturated carbocycles. The van der Waals surface area contributed by atoms with Crippen LogP contribution < -0.4 is 0 Å². The molecule has 1 rings (SSSR count). The van der Waals surface area contributed by atoms with Crippen LogP contribution in [0.25, 0.3) is 0 Å². The predicted octanol–water partition coefficient (Wildman–Crippen LogP) is 3.06. The minimum Gasteiger partial charge on any atom is -0.472 e. The second-order valence-corrected chi connectivity index (χ2v) is 3.19. The van der Waals surface area contributed by atoms with E-state index in [1.54, 1.807) is 0 Å². The largest absolute Gasteiger partial charge is 0.472 e. The second kappa shape index (κ2) is 3.74. The Kier molecular flexibility index (Phi) is 2.84. The third-order valence-corrected chi connectivity index (χ3v) is 1.56. The van der Waals surface area contributed by atoms with E-state index in [0.29, 0.717) is 11.6 Å². The van der Waals surface area contributed by atoms with Gasteiger partial charge in [-0.1, -0.05) is 5.57 Å². The van der Waals surface area contributed by atoms with Crippen molar-refractivity contribution in [1.29, 1.82) is 0 Å². The number of ketones is 1. The van der Waals surface area contributed by atoms with Crippen LogP contribution in [0.1, 0.15) is 24.2 Å². The van der Waals surface area contributed by atoms with Crippen LogP contribution in [0.15, 0.2) is 34.7 Å². The zero-order valence-electron chi connectivity index (χ0n) is 7.88. The summed E-state index contributed by atoms with van der Waals surface area (Å²) in [5.74, 6) is -4.70. The first-order valence-electron chi connectivity index (χ1n) is 4.04. The molecule has 0 aliphatic heterocycles. The number of carbonyl (C=O) groups is 1. The molecule has 0 fully saturated rings. The number of allylic oxidation sites excluding steroid dienone is 2. The lowest BCUT2D eigenvalue weighted by atomic mass is 10.1. The third kappa shape index (κ3) is 2.28. The molecule has 0 spiro atoms. The molecule has 2 nitrogen and oxygen atoms in total. The zero-order chi connectivity index (χ0) is 10.8. The topological polar surface area (TPSA) is 30.2 Å². The molecule has 4 heteroatoms. The first kappa shape index (κ1) is 10.6. The Balaban J connectivity index is 2.95. The maximum Gasteiger partial charge on any atom is 0.328 e. The Hall–Kier alpha value is -1.45. The molecule has 0 unspecified atom stereocenters. The van der Waals surface area contributed by atoms with Crippen molar-refractivity contribution in [2.45, 2.75) is 19.8 Å². The fourth-order valence-corrected chi connectivity index (χ4v) is 1.01. The summed E-state index contributed by atoms with van der Waals surface area (Å²) in [6, 6.07) is 1.22. The number of hydrogen-bond donors (Lipinski definition) is 0. The Bertz CT molecular complexity index is 346. The highest BCUT2D eigenvalue weighted by molar-refractivity contribution is 6.02. The Morgan fingerprint density at radius 1 is 1.50 bits per heavy atom. The van der Waals surface area contributed by atoms with E-state index >= 15 is 0 Å². The smallest absolute Gasteiger partial charge is 0.328 e. The minimum atomic E-state index is -3.46. The van der Waals surface area contributed by atoms with Gasteiger partial charge in [0.2, 0.25) is 5.78 Å². The van der Waals surface area contributed by atoms with Gasteiger partial charge in [-0.15, -0.1) is 0 Å². The zero-order valence-corrected chi connectivity index (χ0v) is 7.88. The lowest BCUT2D eigenvalue weighted by Gasteiger charge is -2.09. The maximum atomic E-state index is 13.2. The van der Waals surface area contributed by atoms with Gasteiger partial charge >= 0.3 is 5.92 Å². The highest BCUT2D eigenvalue weighted by atomic mass is 19.3. The van der Waals surface area contributed by atoms with E-state index in [1.165, 1.54) is 26.2 Å². The standard InChI is InChI=1S/C10H10F2O2/c1-7(2)5-10(11,12)9(13)8-3-4-14-6-8/h3-6H,1-2H3. The number of Topliss-reactive ketones (excluding diaryl/α,β-unsaturated/α-hetero) is 1. The van der Waals surface area contributed by atoms with E-state index in [2.05, 4.69) is 4.42 Å². The summed E-state index contributed by atoms with van der Waals surface area (Å²) in [7, 11) is 0. The van der Waals surface area contributed by atoms with Gasteiger partial charge in [0.1, 0.15) is 6.26 Å². The normalized spacial score (nSPS) is 11.1. The molecule has 1 aromatic heterocycles. The molecule has 1 heterocycles. The molecular formula is C10H10F2O2. The molecule has 14 heavy (non-hydrogen) atoms. The van der Waals surface area contributed by atoms with E-state index in [0.717, 1.165) is 6.26 Å². The number of furan rings is 1. The summed E-state index contributed by atoms with van der Waals surface area (Å²) in [4.78, 5) is 11.2. The summed E-state index contributed by atoms with van der Waals surface area (Å²) in [5, 5.41) is 0. The van der Waals surface area contributed by atoms with Crippen molar-refractivity contribution in [2.24, 2.45) is 0 Å². The van der Waals surface area contributed by atoms with Gasteiger partial charge in [-0.05, 0) is 26.0 Å². The summed E-state index contributed by atoms with van der Waals surface area (Å²) < 4.78 is 30.9. The molecule has 0 N–H and O–H groups in total. The van der Waals surface area contributed by atoms with Crippen LogP contribution in [0, 0.1) is 0 Å². The molecule has 0 atom stereocenters. The van der Waals surface area contributed by atoms with Gasteiger partial charge in [-0.2, -0.15) is 8.78 Å². The summed E-state index contributed by atoms with van der Waals surface area (Å²) >= 11 is 0. The lowest BCUT2D eigenvalue weighted by molar-refractivity contribution is 0.0377. The molecule has 0 saturated heterocycles. The third-order valence-electron chi connectivity index (χ3n) is 1.56. The van der Waals surface area contributed by atoms with Gasteiger partial charge in [0.05, 0.1) is 11.8 Å². The quantitative estimate of drug-likeness (QED) is 0.554. The summed E-state index contributed by atoms with van der Waals surface area (Å²) in [6.45, 7) is 3.02. The average molecular weight is 200 g/mol. The van der Waals surface area contributed by atoms with Crippen LogP contribution in [-0.2, 0) is 0 Å². The SMILES string of the molecule is CC(C)=CC(F)(F)C(=O)c1ccoc1. The van der Waals surface area contributed by atoms with E-state index in [-0.39, 0.29) is 5.56 Å². The molecule has 1 aromatic rings. The van der Waals surface area contributed by atoms with E-state index in [4.69, 9.17) is 0 Å². The van der Waals surface area contributed by atoms with Gasteiger partial charge in [0.25, 0.3) is 0 Å². The molecular weight excluding hydrogens is 190 g/mol. The molecule has 0 aromatic carbocycles. The van der Waals surface area contributed by atoms with Crippen LogP contribution in [-0.4, -0.2) is 11.7 Å². The van der Waals surface area contributed by atoms with Crippen molar-refractivity contribution in [2.75, 3.05) is 0 Å². The van der Waals surface area contributed by atoms with Crippen molar-refractivity contribution in [3.8, 4) is 0 Å². The maximum absolute atomic E-state index is 13.2. The fraction of sp³-hybridized carbons (Fsp3) is 0.300. The molecule has 0 amide bonds. The van der Waals surface area contributed by atoms with Crippen LogP contribution in [0.5, 0.6) is 0 Å². The monoisotopic (exact) mass is 200 g/mol. The van der Waals surface area contributed by atoms with E-state index in [9.17, 15) is 13.6 Å². The second-order valence-electron chi connectivity index (χ2n) is 3.19. The number of halogens is 2. The van der Waals surface area contributed by atoms with Gasteiger partial charge in [-0.25, -0.2) is 0 Å². The first-order chi connectivity index (χ1) is 6.43. The Morgan fingerprint density at radius 3 is 2.57 bits per heavy atom. The number of rotatable bonds is 3. The lowest BCUT2D eigenvalue weighted by Crippen LogP contribution is -2.26. The van der Waals surface area contributed by atoms with Crippen molar-refractivity contribution < 1.29 is 18.0 Å². The predicted molar refractivity (Wildman–Crippen MR) is 47.4 cm³/mol. The number of alkyl halides is 2. The molecule has 76 valence electrons. The minimum absolute atomic E-state index is 0.118. The molecule has 0 bridgehead atoms. The highest BCUT2D eigenvalue weighted by Gasteiger charge is 2.37. The van der Waals surface area contributed by atoms with Crippen LogP contribution in [0.4, 0.5) is 8.78 Å². The molecule has 0 radical (unpaired) electrons. The summed E-state index contributed by atoms with van der Waals surface area (Å²) in [5.41, 5.74) is 0.277. The Labute approximate surface area is 80.2 Å². The average Bonchev–Trinajstić information content (AvgIpc) is 2.51. The molecule has 0 aliphatic carbocycles. The van der Waals surface area contributed by atoms with E-state index < -0.39 is 11.7 Å². The van der Waals surface area contributed by atoms with Crippen molar-refractivity contribution in [3.05, 3.63) is 35.8 Å². The molecule has 0 aliphatic rings. The Morgan fingerprint density at radius 2 is 2.14 bits per heavy atom. The number of carbonyl (C=O) groups excluding carboxylic acids is 1. The van der Waals surface area contributed by atoms with Crippen molar-refractivity contribution in [3.63, 3.8) is 0 Å². The van der Waals surface area contributed by atoms with Gasteiger partial charge in [-0.3, -0.25) is 4.79 Å². The van der Waals surface area contributed by atoms with Crippen molar-refractivity contribution in [1.82, 2.24) is 0 Å². The van der Waals surface area contributed by atoms with Crippen LogP contribution in [0.3, 0.4) is 0 Å². The van der Waals surface area contributed by atoms with Crippen molar-refractivity contribution >= 4 is 5.78 Å². The van der Waals surface area contributed by atoms with E-state index in [1.807, 2.05) is 0 Å². The first-order valence-corrected chi connectivity index (χ1v) is 4.04. The van der Waals surface area contributed by atoms with Gasteiger partial charge in [0, 0.05) is 0 Å². The fourth-order valence-electron chi connectivity index (χ4n) is 1.01. The number of hydrogen-bond acceptors (Lipinski definition) is 2. The summed E-state index contributed by atoms with van der Waals surface area (Å²) in [6.07, 6.45) is 2.84. The highest BCUT2D eigenvalue weighted by Crippen LogP contribution is 2.23. The van der Waals surface area contributed by atoms with Gasteiger partial charge < -0.3 is 4.42 Å². The van der Waals surface area contributed by atoms with Crippen LogP contribution >= 0.6 is 0 Å². The van der Waals surface area contributed by atoms with Crippen LogP contribution in [0.2, 0.25) is 0 Å².